The molecule has 1 aliphatic rings. The third-order valence-electron chi connectivity index (χ3n) is 12.7. The van der Waals surface area contributed by atoms with Crippen LogP contribution in [0.25, 0.3) is 0 Å². The SMILES string of the molecule is C#CC[C@@H](O[Si](C)(C)C(C)(C)C)[C@@H](OCCCO[Si](C)(C)C(C)(C)C)C(C=C)O[Si](C)(C)C(C)(C)C.C=CC(OC(=O)C(C)(C)C)[C@H](OCCCOC(=O)C(C)(C)C)[C@H]1CO1.CC#C[Si](C)(C)C. The highest BCUT2D eigenvalue weighted by molar-refractivity contribution is 6.83. The first-order valence-electron chi connectivity index (χ1n) is 24.8. The van der Waals surface area contributed by atoms with Crippen LogP contribution in [-0.4, -0.2) is 115 Å². The molecule has 1 rings (SSSR count). The Morgan fingerprint density at radius 2 is 1.10 bits per heavy atom. The highest BCUT2D eigenvalue weighted by Crippen LogP contribution is 2.41. The monoisotopic (exact) mass is 1020 g/mol. The number of hydrogen-bond acceptors (Lipinski definition) is 10. The van der Waals surface area contributed by atoms with E-state index < -0.39 is 56.1 Å². The lowest BCUT2D eigenvalue weighted by atomic mass is 9.97. The molecule has 10 nitrogen and oxygen atoms in total. The molecule has 0 aliphatic carbocycles. The van der Waals surface area contributed by atoms with E-state index in [2.05, 4.69) is 152 Å². The molecule has 0 radical (unpaired) electrons. The predicted octanol–water partition coefficient (Wildman–Crippen LogP) is 13.6. The molecule has 0 aromatic rings. The molecule has 0 N–H and O–H groups in total. The number of ether oxygens (including phenoxy) is 5. The average molecular weight is 1030 g/mol. The summed E-state index contributed by atoms with van der Waals surface area (Å²) in [6.45, 7) is 63.7. The van der Waals surface area contributed by atoms with Gasteiger partial charge in [0.15, 0.2) is 25.0 Å². The first-order valence-corrected chi connectivity index (χ1v) is 37.0. The minimum atomic E-state index is -2.10. The van der Waals surface area contributed by atoms with Crippen LogP contribution < -0.4 is 0 Å². The lowest BCUT2D eigenvalue weighted by molar-refractivity contribution is -0.164. The Kier molecular flexibility index (Phi) is 28.5. The zero-order valence-corrected chi connectivity index (χ0v) is 52.3. The Morgan fingerprint density at radius 1 is 0.662 bits per heavy atom. The fourth-order valence-corrected chi connectivity index (χ4v) is 9.57. The van der Waals surface area contributed by atoms with Crippen molar-refractivity contribution in [2.45, 2.75) is 241 Å². The topological polar surface area (TPSA) is 111 Å². The summed E-state index contributed by atoms with van der Waals surface area (Å²) in [5.74, 6) is 5.22. The van der Waals surface area contributed by atoms with Crippen LogP contribution in [0.4, 0.5) is 0 Å². The zero-order chi connectivity index (χ0) is 54.0. The van der Waals surface area contributed by atoms with Crippen molar-refractivity contribution in [1.29, 1.82) is 0 Å². The summed E-state index contributed by atoms with van der Waals surface area (Å²) in [6.07, 6.45) is 9.20. The lowest BCUT2D eigenvalue weighted by Crippen LogP contribution is -2.53. The van der Waals surface area contributed by atoms with Crippen LogP contribution in [-0.2, 0) is 46.6 Å². The molecule has 0 spiro atoms. The second-order valence-corrected chi connectivity index (χ2v) is 44.7. The van der Waals surface area contributed by atoms with E-state index in [1.807, 2.05) is 33.8 Å². The van der Waals surface area contributed by atoms with Gasteiger partial charge < -0.3 is 37.0 Å². The second-order valence-electron chi connectivity index (χ2n) is 25.6. The van der Waals surface area contributed by atoms with Gasteiger partial charge in [0.25, 0.3) is 0 Å². The maximum atomic E-state index is 12.1. The quantitative estimate of drug-likeness (QED) is 0.0245. The number of esters is 2. The molecule has 0 bridgehead atoms. The van der Waals surface area contributed by atoms with E-state index >= 15 is 0 Å². The molecule has 0 saturated carbocycles. The summed E-state index contributed by atoms with van der Waals surface area (Å²) in [5.41, 5.74) is 2.06. The van der Waals surface area contributed by atoms with Gasteiger partial charge in [0.1, 0.15) is 32.5 Å². The van der Waals surface area contributed by atoms with Gasteiger partial charge in [-0.15, -0.1) is 30.4 Å². The third-order valence-corrected chi connectivity index (χ3v) is 27.2. The van der Waals surface area contributed by atoms with Crippen LogP contribution in [0.3, 0.4) is 0 Å². The maximum absolute atomic E-state index is 12.1. The van der Waals surface area contributed by atoms with Crippen molar-refractivity contribution < 1.29 is 46.6 Å². The van der Waals surface area contributed by atoms with Gasteiger partial charge in [0.05, 0.1) is 42.9 Å². The van der Waals surface area contributed by atoms with Crippen molar-refractivity contribution in [2.24, 2.45) is 10.8 Å². The summed E-state index contributed by atoms with van der Waals surface area (Å²) in [7, 11) is -6.98. The van der Waals surface area contributed by atoms with Gasteiger partial charge in [0, 0.05) is 26.1 Å². The highest BCUT2D eigenvalue weighted by atomic mass is 28.4. The van der Waals surface area contributed by atoms with E-state index in [0.717, 1.165) is 6.42 Å². The molecule has 14 heteroatoms. The van der Waals surface area contributed by atoms with Crippen molar-refractivity contribution in [3.8, 4) is 23.8 Å². The van der Waals surface area contributed by atoms with Gasteiger partial charge in [-0.2, -0.15) is 0 Å². The number of epoxide rings is 1. The minimum Gasteiger partial charge on any atom is -0.465 e. The number of carbonyl (C=O) groups is 2. The standard InChI is InChI=1S/C29H60O4Si3.C19H32O6.C6H12Si/c1-18-21-25(33-36(16,17)29(9,10)11)26(24(19-2)32-35(14,15)28(6,7)8)30-22-20-23-31-34(12,13)27(3,4)5;1-8-13(25-17(21)19(5,6)7)15(14-12-24-14)22-10-9-11-23-16(20)18(2,3)4;1-5-6-7(2,3)4/h1,19,24-26H,2,20-23H2,3-17H3;8,13-15H,1,9-12H2,2-7H3;1-4H3/t24?,25-,26+;13?,14-,15+;/m11./s1. The smallest absolute Gasteiger partial charge is 0.311 e. The van der Waals surface area contributed by atoms with Gasteiger partial charge in [-0.1, -0.05) is 94.6 Å². The molecule has 2 unspecified atom stereocenters. The summed E-state index contributed by atoms with van der Waals surface area (Å²) < 4.78 is 48.6. The molecule has 1 heterocycles. The van der Waals surface area contributed by atoms with E-state index in [1.165, 1.54) is 0 Å². The van der Waals surface area contributed by atoms with Crippen molar-refractivity contribution >= 4 is 45.0 Å². The molecule has 6 atom stereocenters. The zero-order valence-electron chi connectivity index (χ0n) is 48.3. The maximum Gasteiger partial charge on any atom is 0.311 e. The van der Waals surface area contributed by atoms with E-state index in [-0.39, 0.29) is 58.1 Å². The number of rotatable bonds is 23. The summed E-state index contributed by atoms with van der Waals surface area (Å²) in [6, 6.07) is 0. The summed E-state index contributed by atoms with van der Waals surface area (Å²) in [5, 5.41) is 0.319. The van der Waals surface area contributed by atoms with Gasteiger partial charge >= 0.3 is 11.9 Å². The molecule has 0 aromatic heterocycles. The largest absolute Gasteiger partial charge is 0.465 e. The van der Waals surface area contributed by atoms with Crippen molar-refractivity contribution in [3.63, 3.8) is 0 Å². The highest BCUT2D eigenvalue weighted by Gasteiger charge is 2.46. The van der Waals surface area contributed by atoms with E-state index in [0.29, 0.717) is 39.3 Å². The molecule has 1 saturated heterocycles. The lowest BCUT2D eigenvalue weighted by Gasteiger charge is -2.45. The van der Waals surface area contributed by atoms with Crippen LogP contribution in [0.1, 0.15) is 130 Å². The Labute approximate surface area is 423 Å². The molecular weight excluding hydrogens is 921 g/mol. The Hall–Kier alpha value is -1.83. The van der Waals surface area contributed by atoms with Crippen molar-refractivity contribution in [3.05, 3.63) is 25.3 Å². The first-order chi connectivity index (χ1) is 30.5. The molecule has 396 valence electrons. The number of hydrogen-bond donors (Lipinski definition) is 0. The Balaban J connectivity index is 0. The van der Waals surface area contributed by atoms with E-state index in [9.17, 15) is 9.59 Å². The Bertz CT molecular complexity index is 1630. The van der Waals surface area contributed by atoms with Crippen LogP contribution in [0.5, 0.6) is 0 Å². The predicted molar refractivity (Wildman–Crippen MR) is 296 cm³/mol. The summed E-state index contributed by atoms with van der Waals surface area (Å²) in [4.78, 5) is 23.8. The van der Waals surface area contributed by atoms with Crippen LogP contribution in [0.15, 0.2) is 25.3 Å². The average Bonchev–Trinajstić information content (AvgIpc) is 3.99. The van der Waals surface area contributed by atoms with E-state index in [4.69, 9.17) is 43.4 Å². The number of terminal acetylenes is 1. The van der Waals surface area contributed by atoms with Crippen molar-refractivity contribution in [2.75, 3.05) is 33.0 Å². The summed E-state index contributed by atoms with van der Waals surface area (Å²) >= 11 is 0. The van der Waals surface area contributed by atoms with Crippen LogP contribution in [0, 0.1) is 34.6 Å². The fourth-order valence-electron chi connectivity index (χ4n) is 5.14. The van der Waals surface area contributed by atoms with Crippen molar-refractivity contribution in [1.82, 2.24) is 0 Å². The van der Waals surface area contributed by atoms with Gasteiger partial charge in [0.2, 0.25) is 0 Å². The molecule has 1 fully saturated rings. The van der Waals surface area contributed by atoms with Crippen LogP contribution in [0.2, 0.25) is 74.0 Å². The minimum absolute atomic E-state index is 0.0609. The van der Waals surface area contributed by atoms with Gasteiger partial charge in [-0.05, 0) is 115 Å². The third kappa shape index (κ3) is 26.6. The fraction of sp³-hybridized carbons (Fsp3) is 0.815. The molecule has 0 aromatic carbocycles. The molecule has 0 amide bonds. The van der Waals surface area contributed by atoms with Crippen LogP contribution >= 0.6 is 0 Å². The van der Waals surface area contributed by atoms with E-state index in [1.54, 1.807) is 26.8 Å². The molecular formula is C54H104O10Si4. The molecule has 1 aliphatic heterocycles. The number of carbonyl (C=O) groups excluding carboxylic acids is 2. The second kappa shape index (κ2) is 28.4. The normalized spacial score (nSPS) is 17.1. The van der Waals surface area contributed by atoms with Gasteiger partial charge in [-0.3, -0.25) is 9.59 Å². The van der Waals surface area contributed by atoms with Gasteiger partial charge in [-0.25, -0.2) is 0 Å². The first kappa shape index (κ1) is 68.2. The Morgan fingerprint density at radius 3 is 1.47 bits per heavy atom. The molecule has 68 heavy (non-hydrogen) atoms.